The molecule has 1 aliphatic carbocycles. The highest BCUT2D eigenvalue weighted by Gasteiger charge is 2.49. The Morgan fingerprint density at radius 1 is 0.706 bits per heavy atom. The van der Waals surface area contributed by atoms with E-state index in [4.69, 9.17) is 18.9 Å². The van der Waals surface area contributed by atoms with E-state index in [0.29, 0.717) is 50.8 Å². The molecule has 0 radical (unpaired) electrons. The van der Waals surface area contributed by atoms with Crippen molar-refractivity contribution in [2.24, 2.45) is 0 Å². The zero-order valence-electron chi connectivity index (χ0n) is 19.7. The molecule has 0 spiro atoms. The van der Waals surface area contributed by atoms with Crippen molar-refractivity contribution >= 4 is 11.1 Å². The van der Waals surface area contributed by atoms with Gasteiger partial charge in [0.05, 0.1) is 40.1 Å². The van der Waals surface area contributed by atoms with Gasteiger partial charge in [-0.15, -0.1) is 0 Å². The minimum atomic E-state index is -1.30. The van der Waals surface area contributed by atoms with Gasteiger partial charge in [0.15, 0.2) is 23.0 Å². The minimum Gasteiger partial charge on any atom is -0.493 e. The zero-order chi connectivity index (χ0) is 24.5. The Morgan fingerprint density at radius 2 is 1.32 bits per heavy atom. The number of aryl methyl sites for hydroxylation is 1. The topological polar surface area (TPSA) is 84.5 Å². The van der Waals surface area contributed by atoms with E-state index in [1.807, 2.05) is 37.3 Å². The van der Waals surface area contributed by atoms with Gasteiger partial charge in [-0.1, -0.05) is 30.3 Å². The summed E-state index contributed by atoms with van der Waals surface area (Å²) in [6.45, 7) is 1.97. The normalized spacial score (nSPS) is 16.3. The van der Waals surface area contributed by atoms with Gasteiger partial charge in [-0.3, -0.25) is 0 Å². The molecule has 0 aromatic heterocycles. The van der Waals surface area contributed by atoms with Crippen LogP contribution in [0.3, 0.4) is 0 Å². The van der Waals surface area contributed by atoms with Crippen LogP contribution >= 0.6 is 0 Å². The maximum Gasteiger partial charge on any atom is 0.161 e. The van der Waals surface area contributed by atoms with E-state index in [-0.39, 0.29) is 0 Å². The third-order valence-corrected chi connectivity index (χ3v) is 6.33. The SMILES string of the molecule is COc1ccc(C2(C#N)C(c3ccccc3C)=C(C#N)c3cc(OC)c(OC)cc32)cc1OC. The van der Waals surface area contributed by atoms with Crippen LogP contribution in [0, 0.1) is 29.6 Å². The summed E-state index contributed by atoms with van der Waals surface area (Å²) in [6.07, 6.45) is 0. The van der Waals surface area contributed by atoms with E-state index < -0.39 is 5.41 Å². The lowest BCUT2D eigenvalue weighted by Gasteiger charge is -2.29. The van der Waals surface area contributed by atoms with Crippen molar-refractivity contribution in [2.45, 2.75) is 12.3 Å². The second kappa shape index (κ2) is 8.84. The number of nitrogens with zero attached hydrogens (tertiary/aromatic N) is 2. The first-order chi connectivity index (χ1) is 16.5. The van der Waals surface area contributed by atoms with Crippen LogP contribution in [0.4, 0.5) is 0 Å². The Morgan fingerprint density at radius 3 is 1.91 bits per heavy atom. The molecule has 0 fully saturated rings. The Kier molecular flexibility index (Phi) is 5.92. The van der Waals surface area contributed by atoms with Crippen molar-refractivity contribution in [3.63, 3.8) is 0 Å². The molecule has 0 saturated heterocycles. The van der Waals surface area contributed by atoms with Crippen LogP contribution in [0.15, 0.2) is 54.6 Å². The molecule has 3 aromatic carbocycles. The van der Waals surface area contributed by atoms with Gasteiger partial charge in [-0.2, -0.15) is 10.5 Å². The molecule has 0 N–H and O–H groups in total. The first kappa shape index (κ1) is 22.8. The summed E-state index contributed by atoms with van der Waals surface area (Å²) in [6, 6.07) is 21.6. The fourth-order valence-electron chi connectivity index (χ4n) is 4.71. The Bertz CT molecular complexity index is 1390. The van der Waals surface area contributed by atoms with Crippen LogP contribution < -0.4 is 18.9 Å². The summed E-state index contributed by atoms with van der Waals surface area (Å²) in [5, 5.41) is 21.2. The summed E-state index contributed by atoms with van der Waals surface area (Å²) in [4.78, 5) is 0. The predicted octanol–water partition coefficient (Wildman–Crippen LogP) is 5.29. The van der Waals surface area contributed by atoms with Crippen LogP contribution in [0.2, 0.25) is 0 Å². The average Bonchev–Trinajstić information content (AvgIpc) is 3.16. The van der Waals surface area contributed by atoms with Gasteiger partial charge in [-0.05, 0) is 53.4 Å². The maximum atomic E-state index is 10.9. The van der Waals surface area contributed by atoms with Gasteiger partial charge in [0.2, 0.25) is 0 Å². The molecule has 0 bridgehead atoms. The monoisotopic (exact) mass is 452 g/mol. The number of hydrogen-bond acceptors (Lipinski definition) is 6. The molecule has 0 amide bonds. The number of hydrogen-bond donors (Lipinski definition) is 0. The van der Waals surface area contributed by atoms with E-state index in [0.717, 1.165) is 11.1 Å². The molecule has 3 aromatic rings. The highest BCUT2D eigenvalue weighted by atomic mass is 16.5. The number of methoxy groups -OCH3 is 4. The zero-order valence-corrected chi connectivity index (χ0v) is 19.7. The molecule has 6 nitrogen and oxygen atoms in total. The lowest BCUT2D eigenvalue weighted by molar-refractivity contribution is 0.353. The van der Waals surface area contributed by atoms with Crippen LogP contribution in [0.25, 0.3) is 11.1 Å². The predicted molar refractivity (Wildman–Crippen MR) is 129 cm³/mol. The second-order valence-electron chi connectivity index (χ2n) is 7.86. The molecular formula is C28H24N2O4. The van der Waals surface area contributed by atoms with Gasteiger partial charge in [0, 0.05) is 11.1 Å². The number of fused-ring (bicyclic) bond motifs is 1. The van der Waals surface area contributed by atoms with Crippen LogP contribution in [-0.2, 0) is 5.41 Å². The number of rotatable bonds is 6. The highest BCUT2D eigenvalue weighted by molar-refractivity contribution is 6.10. The number of allylic oxidation sites excluding steroid dienone is 2. The standard InChI is InChI=1S/C28H24N2O4/c1-17-8-6-7-9-19(17)27-21(15-29)20-13-25(33-4)26(34-5)14-22(20)28(27,16-30)18-10-11-23(31-2)24(12-18)32-3/h6-14H,1-5H3. The summed E-state index contributed by atoms with van der Waals surface area (Å²) in [5.74, 6) is 2.00. The van der Waals surface area contributed by atoms with Crippen molar-refractivity contribution in [1.29, 1.82) is 10.5 Å². The van der Waals surface area contributed by atoms with Crippen molar-refractivity contribution in [3.8, 4) is 35.1 Å². The molecule has 34 heavy (non-hydrogen) atoms. The van der Waals surface area contributed by atoms with Crippen molar-refractivity contribution in [2.75, 3.05) is 28.4 Å². The van der Waals surface area contributed by atoms with Gasteiger partial charge in [0.25, 0.3) is 0 Å². The molecule has 6 heteroatoms. The van der Waals surface area contributed by atoms with Crippen LogP contribution in [0.5, 0.6) is 23.0 Å². The lowest BCUT2D eigenvalue weighted by Crippen LogP contribution is -2.26. The van der Waals surface area contributed by atoms with Gasteiger partial charge >= 0.3 is 0 Å². The fraction of sp³-hybridized carbons (Fsp3) is 0.214. The van der Waals surface area contributed by atoms with Crippen molar-refractivity contribution < 1.29 is 18.9 Å². The summed E-state index contributed by atoms with van der Waals surface area (Å²) in [7, 11) is 6.20. The molecular weight excluding hydrogens is 428 g/mol. The van der Waals surface area contributed by atoms with Gasteiger partial charge < -0.3 is 18.9 Å². The number of ether oxygens (including phenoxy) is 4. The van der Waals surface area contributed by atoms with E-state index >= 15 is 0 Å². The maximum absolute atomic E-state index is 10.9. The molecule has 1 aliphatic rings. The summed E-state index contributed by atoms with van der Waals surface area (Å²) in [5.41, 5.74) is 3.45. The van der Waals surface area contributed by atoms with E-state index in [1.54, 1.807) is 52.7 Å². The van der Waals surface area contributed by atoms with E-state index in [9.17, 15) is 10.5 Å². The molecule has 0 aliphatic heterocycles. The Labute approximate surface area is 199 Å². The fourth-order valence-corrected chi connectivity index (χ4v) is 4.71. The van der Waals surface area contributed by atoms with E-state index in [1.165, 1.54) is 0 Å². The Hall–Kier alpha value is -4.42. The average molecular weight is 453 g/mol. The molecule has 170 valence electrons. The lowest BCUT2D eigenvalue weighted by atomic mass is 9.70. The highest BCUT2D eigenvalue weighted by Crippen LogP contribution is 2.57. The minimum absolute atomic E-state index is 0.418. The quantitative estimate of drug-likeness (QED) is 0.505. The number of nitriles is 2. The molecule has 1 unspecified atom stereocenters. The smallest absolute Gasteiger partial charge is 0.161 e. The molecule has 0 saturated carbocycles. The van der Waals surface area contributed by atoms with Gasteiger partial charge in [-0.25, -0.2) is 0 Å². The van der Waals surface area contributed by atoms with Gasteiger partial charge in [0.1, 0.15) is 11.5 Å². The molecule has 0 heterocycles. The molecule has 1 atom stereocenters. The Balaban J connectivity index is 2.19. The van der Waals surface area contributed by atoms with Crippen molar-refractivity contribution in [3.05, 3.63) is 82.4 Å². The first-order valence-corrected chi connectivity index (χ1v) is 10.6. The second-order valence-corrected chi connectivity index (χ2v) is 7.86. The van der Waals surface area contributed by atoms with Crippen LogP contribution in [-0.4, -0.2) is 28.4 Å². The molecule has 4 rings (SSSR count). The first-order valence-electron chi connectivity index (χ1n) is 10.6. The largest absolute Gasteiger partial charge is 0.493 e. The summed E-state index contributed by atoms with van der Waals surface area (Å²) >= 11 is 0. The van der Waals surface area contributed by atoms with Crippen LogP contribution in [0.1, 0.15) is 27.8 Å². The number of benzene rings is 3. The van der Waals surface area contributed by atoms with Crippen molar-refractivity contribution in [1.82, 2.24) is 0 Å². The third-order valence-electron chi connectivity index (χ3n) is 6.33. The van der Waals surface area contributed by atoms with E-state index in [2.05, 4.69) is 12.1 Å². The summed E-state index contributed by atoms with van der Waals surface area (Å²) < 4.78 is 22.1. The third kappa shape index (κ3) is 3.16.